The lowest BCUT2D eigenvalue weighted by Crippen LogP contribution is -2.47. The summed E-state index contributed by atoms with van der Waals surface area (Å²) in [4.78, 5) is 7.22. The number of hydrogen-bond acceptors (Lipinski definition) is 6. The Morgan fingerprint density at radius 1 is 1.15 bits per heavy atom. The molecular weight excluding hydrogens is 254 g/mol. The molecule has 0 bridgehead atoms. The second-order valence-electron chi connectivity index (χ2n) is 5.68. The van der Waals surface area contributed by atoms with E-state index in [0.717, 1.165) is 58.1 Å². The van der Waals surface area contributed by atoms with Crippen molar-refractivity contribution in [3.05, 3.63) is 11.9 Å². The molecule has 1 fully saturated rings. The topological polar surface area (TPSA) is 66.5 Å². The van der Waals surface area contributed by atoms with Crippen molar-refractivity contribution in [2.24, 2.45) is 5.73 Å². The van der Waals surface area contributed by atoms with Gasteiger partial charge in [0.1, 0.15) is 0 Å². The SMILES string of the molecule is CN(C)CCN1CCN(Cc2cn(CCN)nn2)CC1. The van der Waals surface area contributed by atoms with Crippen molar-refractivity contribution in [2.45, 2.75) is 13.1 Å². The van der Waals surface area contributed by atoms with Crippen molar-refractivity contribution < 1.29 is 0 Å². The average Bonchev–Trinajstić information content (AvgIpc) is 2.86. The second kappa shape index (κ2) is 7.68. The van der Waals surface area contributed by atoms with Crippen LogP contribution in [-0.4, -0.2) is 89.6 Å². The highest BCUT2D eigenvalue weighted by atomic mass is 15.4. The summed E-state index contributed by atoms with van der Waals surface area (Å²) in [5, 5.41) is 8.28. The molecule has 0 amide bonds. The molecule has 0 aliphatic carbocycles. The normalized spacial score (nSPS) is 18.0. The maximum absolute atomic E-state index is 5.51. The van der Waals surface area contributed by atoms with Gasteiger partial charge in [0, 0.05) is 58.6 Å². The van der Waals surface area contributed by atoms with Crippen LogP contribution in [0.25, 0.3) is 0 Å². The van der Waals surface area contributed by atoms with Gasteiger partial charge in [0.2, 0.25) is 0 Å². The Labute approximate surface area is 121 Å². The Bertz CT molecular complexity index is 382. The van der Waals surface area contributed by atoms with Crippen LogP contribution in [0, 0.1) is 0 Å². The standard InChI is InChI=1S/C13H27N7/c1-17(2)5-6-18-7-9-19(10-8-18)11-13-12-20(4-3-14)16-15-13/h12H,3-11,14H2,1-2H3. The summed E-state index contributed by atoms with van der Waals surface area (Å²) in [7, 11) is 4.25. The maximum Gasteiger partial charge on any atom is 0.0967 e. The van der Waals surface area contributed by atoms with Gasteiger partial charge in [-0.05, 0) is 14.1 Å². The first-order valence-electron chi connectivity index (χ1n) is 7.36. The Morgan fingerprint density at radius 3 is 2.50 bits per heavy atom. The van der Waals surface area contributed by atoms with Crippen LogP contribution in [-0.2, 0) is 13.1 Å². The van der Waals surface area contributed by atoms with Gasteiger partial charge in [-0.25, -0.2) is 0 Å². The lowest BCUT2D eigenvalue weighted by atomic mass is 10.3. The van der Waals surface area contributed by atoms with E-state index in [1.807, 2.05) is 10.9 Å². The fourth-order valence-electron chi connectivity index (χ4n) is 2.39. The number of rotatable bonds is 7. The molecule has 1 aliphatic heterocycles. The van der Waals surface area contributed by atoms with Crippen LogP contribution in [0.15, 0.2) is 6.20 Å². The predicted octanol–water partition coefficient (Wildman–Crippen LogP) is -1.08. The number of piperazine rings is 1. The molecule has 7 nitrogen and oxygen atoms in total. The van der Waals surface area contributed by atoms with E-state index in [1.165, 1.54) is 0 Å². The van der Waals surface area contributed by atoms with E-state index >= 15 is 0 Å². The Hall–Kier alpha value is -1.02. The van der Waals surface area contributed by atoms with E-state index in [2.05, 4.69) is 39.1 Å². The molecule has 1 saturated heterocycles. The molecule has 2 rings (SSSR count). The smallest absolute Gasteiger partial charge is 0.0967 e. The summed E-state index contributed by atoms with van der Waals surface area (Å²) < 4.78 is 1.82. The van der Waals surface area contributed by atoms with E-state index in [1.54, 1.807) is 0 Å². The number of nitrogens with zero attached hydrogens (tertiary/aromatic N) is 6. The molecular formula is C13H27N7. The van der Waals surface area contributed by atoms with Crippen molar-refractivity contribution in [1.29, 1.82) is 0 Å². The molecule has 0 radical (unpaired) electrons. The molecule has 20 heavy (non-hydrogen) atoms. The van der Waals surface area contributed by atoms with Crippen LogP contribution in [0.2, 0.25) is 0 Å². The van der Waals surface area contributed by atoms with Gasteiger partial charge in [0.15, 0.2) is 0 Å². The van der Waals surface area contributed by atoms with Gasteiger partial charge in [0.05, 0.1) is 12.2 Å². The first-order valence-corrected chi connectivity index (χ1v) is 7.36. The largest absolute Gasteiger partial charge is 0.329 e. The highest BCUT2D eigenvalue weighted by molar-refractivity contribution is 4.93. The fraction of sp³-hybridized carbons (Fsp3) is 0.846. The van der Waals surface area contributed by atoms with E-state index in [-0.39, 0.29) is 0 Å². The lowest BCUT2D eigenvalue weighted by Gasteiger charge is -2.34. The minimum Gasteiger partial charge on any atom is -0.329 e. The Kier molecular flexibility index (Phi) is 5.90. The minimum absolute atomic E-state index is 0.605. The third kappa shape index (κ3) is 4.82. The van der Waals surface area contributed by atoms with Crippen molar-refractivity contribution in [1.82, 2.24) is 29.7 Å². The molecule has 0 unspecified atom stereocenters. The van der Waals surface area contributed by atoms with Crippen LogP contribution < -0.4 is 5.73 Å². The molecule has 2 heterocycles. The molecule has 0 spiro atoms. The van der Waals surface area contributed by atoms with Gasteiger partial charge < -0.3 is 10.6 Å². The summed E-state index contributed by atoms with van der Waals surface area (Å²) in [6.07, 6.45) is 2.01. The molecule has 1 aliphatic rings. The van der Waals surface area contributed by atoms with Crippen molar-refractivity contribution in [3.8, 4) is 0 Å². The number of likely N-dealkylation sites (N-methyl/N-ethyl adjacent to an activating group) is 1. The summed E-state index contributed by atoms with van der Waals surface area (Å²) in [5.74, 6) is 0. The van der Waals surface area contributed by atoms with Crippen LogP contribution in [0.4, 0.5) is 0 Å². The van der Waals surface area contributed by atoms with Crippen molar-refractivity contribution in [3.63, 3.8) is 0 Å². The van der Waals surface area contributed by atoms with Gasteiger partial charge >= 0.3 is 0 Å². The first-order chi connectivity index (χ1) is 9.67. The minimum atomic E-state index is 0.605. The summed E-state index contributed by atoms with van der Waals surface area (Å²) in [6, 6.07) is 0. The quantitative estimate of drug-likeness (QED) is 0.685. The zero-order valence-corrected chi connectivity index (χ0v) is 12.7. The molecule has 0 aromatic carbocycles. The van der Waals surface area contributed by atoms with Gasteiger partial charge in [0.25, 0.3) is 0 Å². The predicted molar refractivity (Wildman–Crippen MR) is 79.3 cm³/mol. The van der Waals surface area contributed by atoms with E-state index in [9.17, 15) is 0 Å². The number of nitrogens with two attached hydrogens (primary N) is 1. The van der Waals surface area contributed by atoms with Crippen LogP contribution >= 0.6 is 0 Å². The second-order valence-corrected chi connectivity index (χ2v) is 5.68. The van der Waals surface area contributed by atoms with Gasteiger partial charge in [-0.1, -0.05) is 5.21 Å². The summed E-state index contributed by atoms with van der Waals surface area (Å²) in [5.41, 5.74) is 6.55. The zero-order valence-electron chi connectivity index (χ0n) is 12.7. The average molecular weight is 281 g/mol. The van der Waals surface area contributed by atoms with Crippen LogP contribution in [0.1, 0.15) is 5.69 Å². The molecule has 1 aromatic heterocycles. The van der Waals surface area contributed by atoms with Gasteiger partial charge in [-0.15, -0.1) is 5.10 Å². The number of aromatic nitrogens is 3. The molecule has 7 heteroatoms. The third-order valence-electron chi connectivity index (χ3n) is 3.66. The van der Waals surface area contributed by atoms with Gasteiger partial charge in [-0.2, -0.15) is 0 Å². The van der Waals surface area contributed by atoms with Crippen molar-refractivity contribution in [2.75, 3.05) is 59.9 Å². The summed E-state index contributed by atoms with van der Waals surface area (Å²) >= 11 is 0. The van der Waals surface area contributed by atoms with Crippen LogP contribution in [0.5, 0.6) is 0 Å². The molecule has 1 aromatic rings. The zero-order chi connectivity index (χ0) is 14.4. The highest BCUT2D eigenvalue weighted by Crippen LogP contribution is 2.06. The molecule has 114 valence electrons. The van der Waals surface area contributed by atoms with Crippen molar-refractivity contribution >= 4 is 0 Å². The number of hydrogen-bond donors (Lipinski definition) is 1. The highest BCUT2D eigenvalue weighted by Gasteiger charge is 2.17. The Balaban J connectivity index is 1.70. The maximum atomic E-state index is 5.51. The van der Waals surface area contributed by atoms with Gasteiger partial charge in [-0.3, -0.25) is 14.5 Å². The third-order valence-corrected chi connectivity index (χ3v) is 3.66. The Morgan fingerprint density at radius 2 is 1.85 bits per heavy atom. The lowest BCUT2D eigenvalue weighted by molar-refractivity contribution is 0.119. The van der Waals surface area contributed by atoms with E-state index in [4.69, 9.17) is 5.73 Å². The summed E-state index contributed by atoms with van der Waals surface area (Å²) in [6.45, 7) is 9.04. The fourth-order valence-corrected chi connectivity index (χ4v) is 2.39. The molecule has 2 N–H and O–H groups in total. The molecule has 0 saturated carbocycles. The first kappa shape index (κ1) is 15.4. The van der Waals surface area contributed by atoms with E-state index < -0.39 is 0 Å². The van der Waals surface area contributed by atoms with E-state index in [0.29, 0.717) is 6.54 Å². The molecule has 0 atom stereocenters. The van der Waals surface area contributed by atoms with Crippen LogP contribution in [0.3, 0.4) is 0 Å². The monoisotopic (exact) mass is 281 g/mol.